The highest BCUT2D eigenvalue weighted by molar-refractivity contribution is 7.80. The van der Waals surface area contributed by atoms with Gasteiger partial charge in [0.2, 0.25) is 17.7 Å². The van der Waals surface area contributed by atoms with Gasteiger partial charge in [0.25, 0.3) is 0 Å². The van der Waals surface area contributed by atoms with Gasteiger partial charge in [-0.15, -0.1) is 0 Å². The summed E-state index contributed by atoms with van der Waals surface area (Å²) in [4.78, 5) is 70.4. The Morgan fingerprint density at radius 1 is 0.818 bits per heavy atom. The number of carboxylic acid groups (broad SMARTS) is 3. The number of thiol groups is 1. The van der Waals surface area contributed by atoms with E-state index >= 15 is 0 Å². The first-order chi connectivity index (χ1) is 15.3. The van der Waals surface area contributed by atoms with Crippen LogP contribution in [-0.4, -0.2) is 80.9 Å². The summed E-state index contributed by atoms with van der Waals surface area (Å²) < 4.78 is 0. The minimum Gasteiger partial charge on any atom is -0.481 e. The topological polar surface area (TPSA) is 225 Å². The Morgan fingerprint density at radius 3 is 1.76 bits per heavy atom. The average Bonchev–Trinajstić information content (AvgIpc) is 2.75. The second kappa shape index (κ2) is 15.1. The SMILES string of the molecule is CCC(C)C(NC(=O)C(CCC(=O)O)NC(=O)C(CS)NC(=O)C(N)CCC(=O)O)C(=O)O. The molecule has 188 valence electrons. The molecule has 0 saturated carbocycles. The van der Waals surface area contributed by atoms with E-state index in [0.29, 0.717) is 6.42 Å². The van der Waals surface area contributed by atoms with Crippen molar-refractivity contribution < 1.29 is 44.1 Å². The van der Waals surface area contributed by atoms with E-state index in [2.05, 4.69) is 28.6 Å². The summed E-state index contributed by atoms with van der Waals surface area (Å²) in [5, 5.41) is 33.9. The molecule has 0 aromatic carbocycles. The number of nitrogens with one attached hydrogen (secondary N) is 3. The molecule has 0 aromatic heterocycles. The van der Waals surface area contributed by atoms with E-state index in [0.717, 1.165) is 0 Å². The first kappa shape index (κ1) is 30.1. The monoisotopic (exact) mass is 492 g/mol. The van der Waals surface area contributed by atoms with Gasteiger partial charge in [-0.2, -0.15) is 12.6 Å². The van der Waals surface area contributed by atoms with Gasteiger partial charge in [0.15, 0.2) is 0 Å². The number of carboxylic acids is 3. The van der Waals surface area contributed by atoms with Crippen LogP contribution in [0.3, 0.4) is 0 Å². The molecule has 0 heterocycles. The van der Waals surface area contributed by atoms with Crippen LogP contribution in [0.2, 0.25) is 0 Å². The number of carbonyl (C=O) groups excluding carboxylic acids is 3. The number of amides is 3. The molecule has 14 heteroatoms. The van der Waals surface area contributed by atoms with Gasteiger partial charge < -0.3 is 37.0 Å². The third kappa shape index (κ3) is 11.5. The maximum absolute atomic E-state index is 12.7. The summed E-state index contributed by atoms with van der Waals surface area (Å²) in [7, 11) is 0. The van der Waals surface area contributed by atoms with Crippen LogP contribution < -0.4 is 21.7 Å². The number of aliphatic carboxylic acids is 3. The lowest BCUT2D eigenvalue weighted by atomic mass is 9.98. The molecule has 5 atom stereocenters. The van der Waals surface area contributed by atoms with Crippen LogP contribution in [-0.2, 0) is 28.8 Å². The maximum atomic E-state index is 12.7. The van der Waals surface area contributed by atoms with E-state index in [1.54, 1.807) is 13.8 Å². The van der Waals surface area contributed by atoms with Crippen molar-refractivity contribution in [1.29, 1.82) is 0 Å². The van der Waals surface area contributed by atoms with Gasteiger partial charge in [-0.1, -0.05) is 20.3 Å². The Labute approximate surface area is 196 Å². The molecule has 3 amide bonds. The van der Waals surface area contributed by atoms with Crippen LogP contribution in [0.25, 0.3) is 0 Å². The molecule has 0 bridgehead atoms. The highest BCUT2D eigenvalue weighted by Gasteiger charge is 2.31. The van der Waals surface area contributed by atoms with Gasteiger partial charge >= 0.3 is 17.9 Å². The third-order valence-corrected chi connectivity index (χ3v) is 5.24. The van der Waals surface area contributed by atoms with E-state index in [4.69, 9.17) is 15.9 Å². The predicted molar refractivity (Wildman–Crippen MR) is 118 cm³/mol. The van der Waals surface area contributed by atoms with Crippen molar-refractivity contribution in [1.82, 2.24) is 16.0 Å². The van der Waals surface area contributed by atoms with E-state index < -0.39 is 72.1 Å². The zero-order valence-electron chi connectivity index (χ0n) is 18.4. The van der Waals surface area contributed by atoms with E-state index in [1.165, 1.54) is 0 Å². The van der Waals surface area contributed by atoms with Crippen molar-refractivity contribution >= 4 is 48.3 Å². The quantitative estimate of drug-likeness (QED) is 0.117. The second-order valence-corrected chi connectivity index (χ2v) is 7.85. The maximum Gasteiger partial charge on any atom is 0.326 e. The fourth-order valence-corrected chi connectivity index (χ4v) is 2.89. The summed E-state index contributed by atoms with van der Waals surface area (Å²) in [5.41, 5.74) is 5.61. The predicted octanol–water partition coefficient (Wildman–Crippen LogP) is -1.44. The molecule has 0 rings (SSSR count). The molecule has 13 nitrogen and oxygen atoms in total. The van der Waals surface area contributed by atoms with E-state index in [-0.39, 0.29) is 25.0 Å². The number of nitrogens with two attached hydrogens (primary N) is 1. The van der Waals surface area contributed by atoms with Gasteiger partial charge in [0.1, 0.15) is 18.1 Å². The first-order valence-corrected chi connectivity index (χ1v) is 10.9. The van der Waals surface area contributed by atoms with Gasteiger partial charge in [-0.05, 0) is 18.8 Å². The molecule has 0 aliphatic rings. The van der Waals surface area contributed by atoms with Crippen LogP contribution in [0.15, 0.2) is 0 Å². The fourth-order valence-electron chi connectivity index (χ4n) is 2.63. The number of rotatable bonds is 16. The normalized spacial score (nSPS) is 15.3. The summed E-state index contributed by atoms with van der Waals surface area (Å²) in [6, 6.07) is -5.10. The van der Waals surface area contributed by atoms with Gasteiger partial charge in [-0.25, -0.2) is 4.79 Å². The highest BCUT2D eigenvalue weighted by atomic mass is 32.1. The lowest BCUT2D eigenvalue weighted by molar-refractivity contribution is -0.144. The van der Waals surface area contributed by atoms with Crippen LogP contribution >= 0.6 is 12.6 Å². The van der Waals surface area contributed by atoms with Crippen molar-refractivity contribution in [3.63, 3.8) is 0 Å². The Hall–Kier alpha value is -2.87. The Kier molecular flexibility index (Phi) is 13.7. The molecule has 0 spiro atoms. The molecule has 0 radical (unpaired) electrons. The third-order valence-electron chi connectivity index (χ3n) is 4.88. The van der Waals surface area contributed by atoms with Crippen molar-refractivity contribution in [2.24, 2.45) is 11.7 Å². The highest BCUT2D eigenvalue weighted by Crippen LogP contribution is 2.09. The zero-order valence-corrected chi connectivity index (χ0v) is 19.3. The number of carbonyl (C=O) groups is 6. The van der Waals surface area contributed by atoms with Gasteiger partial charge in [-0.3, -0.25) is 24.0 Å². The fraction of sp³-hybridized carbons (Fsp3) is 0.684. The smallest absolute Gasteiger partial charge is 0.326 e. The van der Waals surface area contributed by atoms with Gasteiger partial charge in [0, 0.05) is 18.6 Å². The Morgan fingerprint density at radius 2 is 1.30 bits per heavy atom. The Balaban J connectivity index is 5.35. The molecule has 33 heavy (non-hydrogen) atoms. The van der Waals surface area contributed by atoms with Crippen LogP contribution in [0.1, 0.15) is 46.0 Å². The van der Waals surface area contributed by atoms with Crippen LogP contribution in [0.4, 0.5) is 0 Å². The number of hydrogen-bond acceptors (Lipinski definition) is 8. The largest absolute Gasteiger partial charge is 0.481 e. The van der Waals surface area contributed by atoms with E-state index in [9.17, 15) is 33.9 Å². The molecule has 0 aliphatic heterocycles. The van der Waals surface area contributed by atoms with Crippen LogP contribution in [0.5, 0.6) is 0 Å². The summed E-state index contributed by atoms with van der Waals surface area (Å²) in [6.07, 6.45) is -0.898. The van der Waals surface area contributed by atoms with Crippen LogP contribution in [0, 0.1) is 5.92 Å². The molecule has 8 N–H and O–H groups in total. The van der Waals surface area contributed by atoms with Crippen molar-refractivity contribution in [3.05, 3.63) is 0 Å². The summed E-state index contributed by atoms with van der Waals surface area (Å²) in [6.45, 7) is 3.35. The Bertz CT molecular complexity index is 734. The second-order valence-electron chi connectivity index (χ2n) is 7.49. The van der Waals surface area contributed by atoms with Gasteiger partial charge in [0.05, 0.1) is 6.04 Å². The minimum absolute atomic E-state index is 0.169. The zero-order chi connectivity index (χ0) is 25.7. The standard InChI is InChI=1S/C19H32N4O9S/c1-3-9(2)15(19(31)32)23-17(29)11(5-7-14(26)27)21-18(30)12(8-33)22-16(28)10(20)4-6-13(24)25/h9-12,15,33H,3-8,20H2,1-2H3,(H,21,30)(H,22,28)(H,23,29)(H,24,25)(H,26,27)(H,31,32). The first-order valence-electron chi connectivity index (χ1n) is 10.3. The lowest BCUT2D eigenvalue weighted by Crippen LogP contribution is -2.58. The molecule has 0 fully saturated rings. The molecular weight excluding hydrogens is 460 g/mol. The lowest BCUT2D eigenvalue weighted by Gasteiger charge is -2.26. The average molecular weight is 493 g/mol. The molecule has 5 unspecified atom stereocenters. The van der Waals surface area contributed by atoms with Crippen molar-refractivity contribution in [3.8, 4) is 0 Å². The molecule has 0 aromatic rings. The summed E-state index contributed by atoms with van der Waals surface area (Å²) in [5.74, 6) is -6.87. The summed E-state index contributed by atoms with van der Waals surface area (Å²) >= 11 is 3.98. The molecular formula is C19H32N4O9S. The minimum atomic E-state index is -1.39. The number of hydrogen-bond donors (Lipinski definition) is 8. The van der Waals surface area contributed by atoms with Crippen molar-refractivity contribution in [2.45, 2.75) is 70.1 Å². The molecule has 0 aliphatic carbocycles. The van der Waals surface area contributed by atoms with E-state index in [1.807, 2.05) is 0 Å². The molecule has 0 saturated heterocycles. The van der Waals surface area contributed by atoms with Crippen molar-refractivity contribution in [2.75, 3.05) is 5.75 Å².